The van der Waals surface area contributed by atoms with Gasteiger partial charge in [-0.2, -0.15) is 23.3 Å². The lowest BCUT2D eigenvalue weighted by atomic mass is 9.80. The summed E-state index contributed by atoms with van der Waals surface area (Å²) in [6.45, 7) is 0. The van der Waals surface area contributed by atoms with Crippen molar-refractivity contribution in [2.45, 2.75) is 37.6 Å². The Bertz CT molecular complexity index is 657. The average Bonchev–Trinajstić information content (AvgIpc) is 2.82. The summed E-state index contributed by atoms with van der Waals surface area (Å²) in [6, 6.07) is 4.76. The summed E-state index contributed by atoms with van der Waals surface area (Å²) in [7, 11) is 0. The maximum absolute atomic E-state index is 13.5. The molecule has 0 unspecified atom stereocenters. The molecule has 0 radical (unpaired) electrons. The second kappa shape index (κ2) is 5.23. The monoisotopic (exact) mass is 328 g/mol. The fraction of sp³-hybridized carbons (Fsp3) is 0.467. The number of hydrazone groups is 1. The number of carbonyl (C=O) groups excluding carboxylic acids is 1. The van der Waals surface area contributed by atoms with Gasteiger partial charge >= 0.3 is 6.18 Å². The van der Waals surface area contributed by atoms with Crippen molar-refractivity contribution in [3.8, 4) is 5.75 Å². The highest BCUT2D eigenvalue weighted by atomic mass is 19.4. The highest BCUT2D eigenvalue weighted by Crippen LogP contribution is 2.48. The Kier molecular flexibility index (Phi) is 3.59. The quantitative estimate of drug-likeness (QED) is 0.832. The predicted molar refractivity (Wildman–Crippen MR) is 74.7 cm³/mol. The van der Waals surface area contributed by atoms with Crippen LogP contribution < -0.4 is 0 Å². The van der Waals surface area contributed by atoms with Gasteiger partial charge in [-0.05, 0) is 43.5 Å². The molecule has 2 N–H and O–H groups in total. The van der Waals surface area contributed by atoms with Gasteiger partial charge in [-0.25, -0.2) is 0 Å². The number of halogens is 3. The molecule has 8 heteroatoms. The van der Waals surface area contributed by atoms with Crippen LogP contribution in [0.5, 0.6) is 5.75 Å². The van der Waals surface area contributed by atoms with E-state index in [1.807, 2.05) is 0 Å². The molecule has 1 saturated carbocycles. The van der Waals surface area contributed by atoms with Crippen molar-refractivity contribution in [1.82, 2.24) is 5.01 Å². The molecule has 2 aliphatic rings. The summed E-state index contributed by atoms with van der Waals surface area (Å²) >= 11 is 0. The minimum atomic E-state index is -5.02. The third-order valence-corrected chi connectivity index (χ3v) is 4.34. The number of amides is 1. The minimum Gasteiger partial charge on any atom is -0.508 e. The van der Waals surface area contributed by atoms with Crippen LogP contribution in [0.25, 0.3) is 0 Å². The van der Waals surface area contributed by atoms with Crippen molar-refractivity contribution in [2.24, 2.45) is 11.0 Å². The van der Waals surface area contributed by atoms with Crippen molar-refractivity contribution >= 4 is 11.6 Å². The van der Waals surface area contributed by atoms with Crippen LogP contribution in [0.15, 0.2) is 29.4 Å². The van der Waals surface area contributed by atoms with Crippen LogP contribution >= 0.6 is 0 Å². The van der Waals surface area contributed by atoms with Crippen LogP contribution in [0.3, 0.4) is 0 Å². The molecule has 1 fully saturated rings. The molecule has 0 aromatic heterocycles. The van der Waals surface area contributed by atoms with Gasteiger partial charge in [0.05, 0.1) is 5.92 Å². The number of hydrogen-bond acceptors (Lipinski definition) is 4. The van der Waals surface area contributed by atoms with Crippen molar-refractivity contribution in [2.75, 3.05) is 0 Å². The van der Waals surface area contributed by atoms with Crippen LogP contribution in [-0.2, 0) is 0 Å². The molecule has 1 aliphatic heterocycles. The first kappa shape index (κ1) is 15.8. The van der Waals surface area contributed by atoms with Crippen LogP contribution in [0.4, 0.5) is 13.2 Å². The lowest BCUT2D eigenvalue weighted by molar-refractivity contribution is -0.312. The van der Waals surface area contributed by atoms with E-state index in [9.17, 15) is 28.2 Å². The maximum Gasteiger partial charge on any atom is 0.439 e. The van der Waals surface area contributed by atoms with E-state index in [0.29, 0.717) is 19.3 Å². The molecule has 5 nitrogen and oxygen atoms in total. The van der Waals surface area contributed by atoms with Gasteiger partial charge in [0.1, 0.15) is 5.75 Å². The summed E-state index contributed by atoms with van der Waals surface area (Å²) in [5.74, 6) is -2.39. The van der Waals surface area contributed by atoms with Crippen LogP contribution in [-0.4, -0.2) is 38.7 Å². The van der Waals surface area contributed by atoms with E-state index in [1.54, 1.807) is 0 Å². The van der Waals surface area contributed by atoms with Gasteiger partial charge in [-0.1, -0.05) is 6.42 Å². The van der Waals surface area contributed by atoms with Crippen LogP contribution in [0.2, 0.25) is 0 Å². The van der Waals surface area contributed by atoms with Crippen molar-refractivity contribution < 1.29 is 28.2 Å². The Hall–Kier alpha value is -2.09. The molecule has 0 bridgehead atoms. The van der Waals surface area contributed by atoms with E-state index >= 15 is 0 Å². The number of benzene rings is 1. The first-order chi connectivity index (χ1) is 10.7. The van der Waals surface area contributed by atoms with Gasteiger partial charge < -0.3 is 10.2 Å². The number of phenolic OH excluding ortho intramolecular Hbond substituents is 1. The summed E-state index contributed by atoms with van der Waals surface area (Å²) in [5.41, 5.74) is -3.20. The minimum absolute atomic E-state index is 0.0894. The second-order valence-corrected chi connectivity index (χ2v) is 5.78. The van der Waals surface area contributed by atoms with Crippen molar-refractivity contribution in [3.05, 3.63) is 29.8 Å². The predicted octanol–water partition coefficient (Wildman–Crippen LogP) is 2.65. The number of nitrogens with zero attached hydrogens (tertiary/aromatic N) is 2. The summed E-state index contributed by atoms with van der Waals surface area (Å²) in [4.78, 5) is 12.4. The van der Waals surface area contributed by atoms with Gasteiger partial charge in [-0.15, -0.1) is 0 Å². The highest BCUT2D eigenvalue weighted by Gasteiger charge is 2.68. The van der Waals surface area contributed by atoms with E-state index in [-0.39, 0.29) is 28.5 Å². The third kappa shape index (κ3) is 2.37. The Morgan fingerprint density at radius 1 is 1.26 bits per heavy atom. The smallest absolute Gasteiger partial charge is 0.439 e. The molecule has 23 heavy (non-hydrogen) atoms. The summed E-state index contributed by atoms with van der Waals surface area (Å²) in [6.07, 6.45) is -3.32. The van der Waals surface area contributed by atoms with E-state index in [0.717, 1.165) is 0 Å². The number of phenols is 1. The third-order valence-electron chi connectivity index (χ3n) is 4.34. The topological polar surface area (TPSA) is 73.1 Å². The van der Waals surface area contributed by atoms with E-state index in [1.165, 1.54) is 24.3 Å². The van der Waals surface area contributed by atoms with Crippen molar-refractivity contribution in [1.29, 1.82) is 0 Å². The normalized spacial score (nSPS) is 27.6. The first-order valence-electron chi connectivity index (χ1n) is 7.25. The van der Waals surface area contributed by atoms with Crippen molar-refractivity contribution in [3.63, 3.8) is 0 Å². The van der Waals surface area contributed by atoms with Crippen LogP contribution in [0, 0.1) is 5.92 Å². The lowest BCUT2D eigenvalue weighted by Crippen LogP contribution is -2.61. The molecule has 0 spiro atoms. The molecular formula is C15H15F3N2O3. The van der Waals surface area contributed by atoms with Gasteiger partial charge in [-0.3, -0.25) is 4.79 Å². The lowest BCUT2D eigenvalue weighted by Gasteiger charge is -2.38. The fourth-order valence-electron chi connectivity index (χ4n) is 3.15. The molecule has 124 valence electrons. The molecule has 0 saturated heterocycles. The Morgan fingerprint density at radius 2 is 1.91 bits per heavy atom. The number of aromatic hydroxyl groups is 1. The molecule has 1 aromatic carbocycles. The van der Waals surface area contributed by atoms with E-state index in [2.05, 4.69) is 5.10 Å². The Balaban J connectivity index is 2.03. The Labute approximate surface area is 130 Å². The Morgan fingerprint density at radius 3 is 2.52 bits per heavy atom. The molecule has 1 amide bonds. The standard InChI is InChI=1S/C15H15F3N2O3/c16-15(17,18)14(23)11-3-1-2-4-12(11)19-20(14)13(22)9-5-7-10(21)8-6-9/h5-8,11,21,23H,1-4H2/t11-,14-/m1/s1. The average molecular weight is 328 g/mol. The SMILES string of the molecule is O=C(c1ccc(O)cc1)N1N=C2CCCC[C@H]2[C@@]1(O)C(F)(F)F. The first-order valence-corrected chi connectivity index (χ1v) is 7.25. The zero-order chi connectivity index (χ0) is 16.8. The molecule has 1 heterocycles. The number of fused-ring (bicyclic) bond motifs is 1. The zero-order valence-corrected chi connectivity index (χ0v) is 12.0. The number of alkyl halides is 3. The molecule has 2 atom stereocenters. The molecular weight excluding hydrogens is 313 g/mol. The number of rotatable bonds is 1. The number of carbonyl (C=O) groups is 1. The maximum atomic E-state index is 13.5. The van der Waals surface area contributed by atoms with Gasteiger partial charge in [0.15, 0.2) is 0 Å². The fourth-order valence-corrected chi connectivity index (χ4v) is 3.15. The molecule has 3 rings (SSSR count). The van der Waals surface area contributed by atoms with Gasteiger partial charge in [0.25, 0.3) is 11.6 Å². The van der Waals surface area contributed by atoms with Gasteiger partial charge in [0.2, 0.25) is 0 Å². The molecule has 1 aromatic rings. The molecule has 1 aliphatic carbocycles. The largest absolute Gasteiger partial charge is 0.508 e. The zero-order valence-electron chi connectivity index (χ0n) is 12.0. The van der Waals surface area contributed by atoms with Gasteiger partial charge in [0, 0.05) is 11.3 Å². The highest BCUT2D eigenvalue weighted by molar-refractivity contribution is 5.99. The number of hydrogen-bond donors (Lipinski definition) is 2. The summed E-state index contributed by atoms with van der Waals surface area (Å²) in [5, 5.41) is 23.6. The van der Waals surface area contributed by atoms with E-state index < -0.39 is 23.7 Å². The number of aliphatic hydroxyl groups is 1. The van der Waals surface area contributed by atoms with Crippen LogP contribution in [0.1, 0.15) is 36.0 Å². The second-order valence-electron chi connectivity index (χ2n) is 5.78. The van der Waals surface area contributed by atoms with E-state index in [4.69, 9.17) is 0 Å². The summed E-state index contributed by atoms with van der Waals surface area (Å²) < 4.78 is 40.6.